The second-order valence-corrected chi connectivity index (χ2v) is 8.99. The summed E-state index contributed by atoms with van der Waals surface area (Å²) in [4.78, 5) is 24.8. The highest BCUT2D eigenvalue weighted by Crippen LogP contribution is 2.22. The number of ether oxygens (including phenoxy) is 2. The van der Waals surface area contributed by atoms with Gasteiger partial charge in [0.25, 0.3) is 10.0 Å². The molecule has 0 aliphatic rings. The van der Waals surface area contributed by atoms with E-state index < -0.39 is 22.0 Å². The van der Waals surface area contributed by atoms with E-state index in [1.54, 1.807) is 39.8 Å². The average molecular weight is 434 g/mol. The van der Waals surface area contributed by atoms with Gasteiger partial charge in [-0.1, -0.05) is 19.1 Å². The van der Waals surface area contributed by atoms with Gasteiger partial charge in [-0.25, -0.2) is 18.0 Å². The van der Waals surface area contributed by atoms with Crippen LogP contribution < -0.4 is 4.72 Å². The number of anilines is 1. The molecule has 0 amide bonds. The number of hydrogen-bond acceptors (Lipinski definition) is 6. The minimum atomic E-state index is -3.92. The zero-order valence-corrected chi connectivity index (χ0v) is 18.6. The van der Waals surface area contributed by atoms with Gasteiger partial charge in [-0.15, -0.1) is 0 Å². The first-order valence-electron chi connectivity index (χ1n) is 9.70. The summed E-state index contributed by atoms with van der Waals surface area (Å²) in [5, 5.41) is 0. The van der Waals surface area contributed by atoms with Crippen molar-refractivity contribution in [1.29, 1.82) is 0 Å². The van der Waals surface area contributed by atoms with Crippen LogP contribution in [0.25, 0.3) is 0 Å². The highest BCUT2D eigenvalue weighted by molar-refractivity contribution is 7.92. The molecule has 30 heavy (non-hydrogen) atoms. The van der Waals surface area contributed by atoms with Crippen molar-refractivity contribution in [2.45, 2.75) is 58.1 Å². The normalized spacial score (nSPS) is 11.4. The van der Waals surface area contributed by atoms with Crippen LogP contribution in [0.15, 0.2) is 47.4 Å². The number of rotatable bonds is 8. The van der Waals surface area contributed by atoms with Gasteiger partial charge in [0, 0.05) is 0 Å². The molecule has 7 nitrogen and oxygen atoms in total. The van der Waals surface area contributed by atoms with Crippen LogP contribution in [0.1, 0.15) is 60.9 Å². The summed E-state index contributed by atoms with van der Waals surface area (Å²) in [5.74, 6) is -1.34. The van der Waals surface area contributed by atoms with Crippen LogP contribution in [0.4, 0.5) is 5.69 Å². The van der Waals surface area contributed by atoms with Gasteiger partial charge >= 0.3 is 11.9 Å². The summed E-state index contributed by atoms with van der Waals surface area (Å²) in [5.41, 5.74) is 1.15. The summed E-state index contributed by atoms with van der Waals surface area (Å²) in [7, 11) is -3.92. The maximum atomic E-state index is 12.8. The van der Waals surface area contributed by atoms with Crippen LogP contribution in [0, 0.1) is 0 Å². The average Bonchev–Trinajstić information content (AvgIpc) is 2.66. The number of nitrogens with one attached hydrogen (secondary N) is 1. The molecule has 2 aromatic carbocycles. The summed E-state index contributed by atoms with van der Waals surface area (Å²) in [6.07, 6.45) is 0.0386. The Bertz CT molecular complexity index is 970. The molecule has 0 aliphatic carbocycles. The Labute approximate surface area is 177 Å². The predicted molar refractivity (Wildman–Crippen MR) is 114 cm³/mol. The lowest BCUT2D eigenvalue weighted by Crippen LogP contribution is -2.17. The minimum absolute atomic E-state index is 0.0425. The summed E-state index contributed by atoms with van der Waals surface area (Å²) < 4.78 is 38.3. The third-order valence-corrected chi connectivity index (χ3v) is 5.38. The highest BCUT2D eigenvalue weighted by Gasteiger charge is 2.20. The molecule has 1 N–H and O–H groups in total. The van der Waals surface area contributed by atoms with Gasteiger partial charge in [-0.2, -0.15) is 0 Å². The largest absolute Gasteiger partial charge is 0.459 e. The summed E-state index contributed by atoms with van der Waals surface area (Å²) in [6.45, 7) is 8.74. The van der Waals surface area contributed by atoms with Crippen molar-refractivity contribution in [2.24, 2.45) is 0 Å². The molecule has 0 heterocycles. The molecule has 0 unspecified atom stereocenters. The van der Waals surface area contributed by atoms with Gasteiger partial charge < -0.3 is 9.47 Å². The second kappa shape index (κ2) is 9.75. The first-order chi connectivity index (χ1) is 14.0. The molecule has 0 saturated heterocycles. The second-order valence-electron chi connectivity index (χ2n) is 7.31. The monoisotopic (exact) mass is 433 g/mol. The number of esters is 2. The first kappa shape index (κ1) is 23.4. The molecule has 0 atom stereocenters. The lowest BCUT2D eigenvalue weighted by molar-refractivity contribution is 0.0377. The Kier molecular flexibility index (Phi) is 7.61. The number of carbonyl (C=O) groups is 2. The fourth-order valence-electron chi connectivity index (χ4n) is 2.60. The molecule has 0 bridgehead atoms. The maximum absolute atomic E-state index is 12.8. The van der Waals surface area contributed by atoms with E-state index in [0.717, 1.165) is 12.0 Å². The van der Waals surface area contributed by atoms with Gasteiger partial charge in [0.2, 0.25) is 0 Å². The highest BCUT2D eigenvalue weighted by atomic mass is 32.2. The quantitative estimate of drug-likeness (QED) is 0.627. The molecule has 0 radical (unpaired) electrons. The van der Waals surface area contributed by atoms with E-state index in [4.69, 9.17) is 9.47 Å². The number of aryl methyl sites for hydroxylation is 1. The van der Waals surface area contributed by atoms with E-state index in [1.165, 1.54) is 30.3 Å². The number of hydrogen-bond donors (Lipinski definition) is 1. The van der Waals surface area contributed by atoms with Gasteiger partial charge in [-0.05, 0) is 70.0 Å². The van der Waals surface area contributed by atoms with Gasteiger partial charge in [-0.3, -0.25) is 4.72 Å². The third-order valence-electron chi connectivity index (χ3n) is 3.98. The minimum Gasteiger partial charge on any atom is -0.459 e. The lowest BCUT2D eigenvalue weighted by Gasteiger charge is -2.14. The van der Waals surface area contributed by atoms with E-state index in [1.807, 2.05) is 6.92 Å². The molecule has 0 fully saturated rings. The standard InChI is InChI=1S/C22H27NO6S/c1-6-16-7-9-20(10-8-16)30(26,27)23-19-12-17(21(24)28-14(2)3)11-18(13-19)22(25)29-15(4)5/h7-15,23H,6H2,1-5H3. The third kappa shape index (κ3) is 6.32. The SMILES string of the molecule is CCc1ccc(S(=O)(=O)Nc2cc(C(=O)OC(C)C)cc(C(=O)OC(C)C)c2)cc1. The lowest BCUT2D eigenvalue weighted by atomic mass is 10.1. The van der Waals surface area contributed by atoms with Gasteiger partial charge in [0.15, 0.2) is 0 Å². The number of benzene rings is 2. The van der Waals surface area contributed by atoms with Crippen LogP contribution in [0.5, 0.6) is 0 Å². The smallest absolute Gasteiger partial charge is 0.338 e. The molecule has 2 rings (SSSR count). The Balaban J connectivity index is 2.43. The molecule has 0 saturated carbocycles. The Morgan fingerprint density at radius 3 is 1.73 bits per heavy atom. The number of sulfonamides is 1. The van der Waals surface area contributed by atoms with Crippen molar-refractivity contribution < 1.29 is 27.5 Å². The fourth-order valence-corrected chi connectivity index (χ4v) is 3.65. The van der Waals surface area contributed by atoms with Crippen LogP contribution in [0.3, 0.4) is 0 Å². The topological polar surface area (TPSA) is 98.8 Å². The maximum Gasteiger partial charge on any atom is 0.338 e. The molecule has 2 aromatic rings. The van der Waals surface area contributed by atoms with Gasteiger partial charge in [0.05, 0.1) is 33.9 Å². The van der Waals surface area contributed by atoms with Crippen molar-refractivity contribution in [3.05, 3.63) is 59.2 Å². The fraction of sp³-hybridized carbons (Fsp3) is 0.364. The molecular formula is C22H27NO6S. The van der Waals surface area contributed by atoms with Crippen molar-refractivity contribution in [3.8, 4) is 0 Å². The molecule has 0 aliphatic heterocycles. The Morgan fingerprint density at radius 1 is 0.867 bits per heavy atom. The van der Waals surface area contributed by atoms with Crippen molar-refractivity contribution in [1.82, 2.24) is 0 Å². The van der Waals surface area contributed by atoms with E-state index in [0.29, 0.717) is 0 Å². The molecule has 8 heteroatoms. The summed E-state index contributed by atoms with van der Waals surface area (Å²) in [6, 6.07) is 10.5. The van der Waals surface area contributed by atoms with E-state index >= 15 is 0 Å². The first-order valence-corrected chi connectivity index (χ1v) is 11.2. The zero-order chi connectivity index (χ0) is 22.5. The van der Waals surface area contributed by atoms with Crippen LogP contribution in [0.2, 0.25) is 0 Å². The number of carbonyl (C=O) groups excluding carboxylic acids is 2. The Morgan fingerprint density at radius 2 is 1.33 bits per heavy atom. The molecule has 0 aromatic heterocycles. The van der Waals surface area contributed by atoms with E-state index in [2.05, 4.69) is 4.72 Å². The van der Waals surface area contributed by atoms with Crippen LogP contribution in [-0.4, -0.2) is 32.6 Å². The summed E-state index contributed by atoms with van der Waals surface area (Å²) >= 11 is 0. The van der Waals surface area contributed by atoms with Gasteiger partial charge in [0.1, 0.15) is 0 Å². The van der Waals surface area contributed by atoms with E-state index in [9.17, 15) is 18.0 Å². The van der Waals surface area contributed by atoms with Crippen LogP contribution >= 0.6 is 0 Å². The van der Waals surface area contributed by atoms with Crippen molar-refractivity contribution >= 4 is 27.6 Å². The molecular weight excluding hydrogens is 406 g/mol. The van der Waals surface area contributed by atoms with Crippen molar-refractivity contribution in [3.63, 3.8) is 0 Å². The van der Waals surface area contributed by atoms with Crippen molar-refractivity contribution in [2.75, 3.05) is 4.72 Å². The Hall–Kier alpha value is -2.87. The molecule has 0 spiro atoms. The van der Waals surface area contributed by atoms with Crippen LogP contribution in [-0.2, 0) is 25.9 Å². The molecule has 162 valence electrons. The van der Waals surface area contributed by atoms with E-state index in [-0.39, 0.29) is 33.9 Å². The zero-order valence-electron chi connectivity index (χ0n) is 17.8. The predicted octanol–water partition coefficient (Wildman–Crippen LogP) is 4.18.